The van der Waals surface area contributed by atoms with Gasteiger partial charge < -0.3 is 4.74 Å². The maximum atomic E-state index is 12.6. The van der Waals surface area contributed by atoms with E-state index in [1.165, 1.54) is 16.0 Å². The van der Waals surface area contributed by atoms with Crippen molar-refractivity contribution in [2.24, 2.45) is 0 Å². The fraction of sp³-hybridized carbons (Fsp3) is 0.0556. The van der Waals surface area contributed by atoms with E-state index in [-0.39, 0.29) is 5.56 Å². The lowest BCUT2D eigenvalue weighted by Crippen LogP contribution is -2.20. The first-order valence-corrected chi connectivity index (χ1v) is 8.22. The fourth-order valence-electron chi connectivity index (χ4n) is 2.57. The van der Waals surface area contributed by atoms with Crippen molar-refractivity contribution in [3.8, 4) is 22.1 Å². The Kier molecular flexibility index (Phi) is 3.59. The van der Waals surface area contributed by atoms with Crippen LogP contribution in [0.2, 0.25) is 0 Å². The normalized spacial score (nSPS) is 10.9. The highest BCUT2D eigenvalue weighted by atomic mass is 32.1. The second-order valence-corrected chi connectivity index (χ2v) is 6.00. The van der Waals surface area contributed by atoms with Crippen LogP contribution in [-0.2, 0) is 0 Å². The van der Waals surface area contributed by atoms with Crippen LogP contribution in [0.4, 0.5) is 0 Å². The monoisotopic (exact) mass is 335 g/mol. The minimum Gasteiger partial charge on any atom is -0.496 e. The Morgan fingerprint density at radius 3 is 2.75 bits per heavy atom. The molecule has 0 fully saturated rings. The van der Waals surface area contributed by atoms with Gasteiger partial charge in [0.05, 0.1) is 24.4 Å². The molecule has 0 amide bonds. The summed E-state index contributed by atoms with van der Waals surface area (Å²) >= 11 is 1.37. The molecule has 0 bridgehead atoms. The summed E-state index contributed by atoms with van der Waals surface area (Å²) < 4.78 is 6.72. The number of methoxy groups -OCH3 is 1. The van der Waals surface area contributed by atoms with Gasteiger partial charge in [-0.05, 0) is 18.2 Å². The second kappa shape index (κ2) is 5.90. The van der Waals surface area contributed by atoms with Crippen molar-refractivity contribution >= 4 is 22.1 Å². The Labute approximate surface area is 141 Å². The number of para-hydroxylation sites is 1. The van der Waals surface area contributed by atoms with Crippen LogP contribution >= 0.6 is 11.3 Å². The van der Waals surface area contributed by atoms with Crippen molar-refractivity contribution in [1.82, 2.24) is 14.8 Å². The van der Waals surface area contributed by atoms with E-state index in [1.807, 2.05) is 47.8 Å². The van der Waals surface area contributed by atoms with Crippen LogP contribution in [0.25, 0.3) is 27.2 Å². The quantitative estimate of drug-likeness (QED) is 0.575. The van der Waals surface area contributed by atoms with E-state index in [0.29, 0.717) is 10.5 Å². The second-order valence-electron chi connectivity index (χ2n) is 5.16. The highest BCUT2D eigenvalue weighted by Crippen LogP contribution is 2.31. The molecule has 2 aromatic heterocycles. The molecular weight excluding hydrogens is 322 g/mol. The van der Waals surface area contributed by atoms with Crippen LogP contribution in [0.15, 0.2) is 64.9 Å². The minimum absolute atomic E-state index is 0.172. The van der Waals surface area contributed by atoms with E-state index in [0.717, 1.165) is 22.4 Å². The lowest BCUT2D eigenvalue weighted by molar-refractivity contribution is 0.416. The Balaban J connectivity index is 1.84. The van der Waals surface area contributed by atoms with Crippen molar-refractivity contribution in [3.63, 3.8) is 0 Å². The summed E-state index contributed by atoms with van der Waals surface area (Å²) in [7, 11) is 1.63. The highest BCUT2D eigenvalue weighted by Gasteiger charge is 2.13. The summed E-state index contributed by atoms with van der Waals surface area (Å²) in [5.74, 6) is 0.744. The molecule has 4 aromatic rings. The molecule has 0 atom stereocenters. The zero-order chi connectivity index (χ0) is 16.5. The third kappa shape index (κ3) is 2.37. The van der Waals surface area contributed by atoms with Gasteiger partial charge in [-0.15, -0.1) is 11.3 Å². The number of hydrogen-bond acceptors (Lipinski definition) is 5. The molecular formula is C18H13N3O2S. The van der Waals surface area contributed by atoms with Crippen molar-refractivity contribution in [1.29, 1.82) is 0 Å². The maximum Gasteiger partial charge on any atom is 0.281 e. The SMILES string of the molecule is COc1ccccc1-c1csc(-n2ncc3ccccc3c2=O)n1. The molecule has 2 heterocycles. The Bertz CT molecular complexity index is 1080. The molecule has 0 radical (unpaired) electrons. The first-order chi connectivity index (χ1) is 11.8. The molecule has 0 spiro atoms. The number of rotatable bonds is 3. The molecule has 0 saturated heterocycles. The third-order valence-electron chi connectivity index (χ3n) is 3.75. The average Bonchev–Trinajstić information content (AvgIpc) is 3.12. The zero-order valence-electron chi connectivity index (χ0n) is 12.8. The molecule has 0 aliphatic carbocycles. The van der Waals surface area contributed by atoms with Gasteiger partial charge in [0.1, 0.15) is 5.75 Å². The van der Waals surface area contributed by atoms with Gasteiger partial charge in [-0.2, -0.15) is 9.78 Å². The van der Waals surface area contributed by atoms with Crippen molar-refractivity contribution in [3.05, 3.63) is 70.5 Å². The fourth-order valence-corrected chi connectivity index (χ4v) is 3.35. The molecule has 0 N–H and O–H groups in total. The van der Waals surface area contributed by atoms with Crippen LogP contribution in [0.5, 0.6) is 5.75 Å². The van der Waals surface area contributed by atoms with Crippen molar-refractivity contribution in [2.45, 2.75) is 0 Å². The lowest BCUT2D eigenvalue weighted by atomic mass is 10.1. The highest BCUT2D eigenvalue weighted by molar-refractivity contribution is 7.12. The number of ether oxygens (including phenoxy) is 1. The molecule has 0 saturated carbocycles. The van der Waals surface area contributed by atoms with Gasteiger partial charge in [0.15, 0.2) is 0 Å². The first-order valence-electron chi connectivity index (χ1n) is 7.34. The third-order valence-corrected chi connectivity index (χ3v) is 4.57. The van der Waals surface area contributed by atoms with Gasteiger partial charge in [0.25, 0.3) is 5.56 Å². The molecule has 0 unspecified atom stereocenters. The average molecular weight is 335 g/mol. The van der Waals surface area contributed by atoms with Crippen molar-refractivity contribution in [2.75, 3.05) is 7.11 Å². The van der Waals surface area contributed by atoms with Crippen LogP contribution in [-0.4, -0.2) is 21.9 Å². The van der Waals surface area contributed by atoms with E-state index in [2.05, 4.69) is 10.1 Å². The van der Waals surface area contributed by atoms with E-state index >= 15 is 0 Å². The smallest absolute Gasteiger partial charge is 0.281 e. The lowest BCUT2D eigenvalue weighted by Gasteiger charge is -2.05. The molecule has 6 heteroatoms. The number of benzene rings is 2. The largest absolute Gasteiger partial charge is 0.496 e. The molecule has 0 aliphatic rings. The Hall–Kier alpha value is -2.99. The van der Waals surface area contributed by atoms with E-state index in [9.17, 15) is 4.79 Å². The molecule has 5 nitrogen and oxygen atoms in total. The number of thiazole rings is 1. The summed E-state index contributed by atoms with van der Waals surface area (Å²) in [5.41, 5.74) is 1.47. The molecule has 24 heavy (non-hydrogen) atoms. The Morgan fingerprint density at radius 1 is 1.08 bits per heavy atom. The van der Waals surface area contributed by atoms with Gasteiger partial charge in [-0.3, -0.25) is 4.79 Å². The minimum atomic E-state index is -0.172. The molecule has 2 aromatic carbocycles. The van der Waals surface area contributed by atoms with Crippen LogP contribution in [0, 0.1) is 0 Å². The maximum absolute atomic E-state index is 12.6. The van der Waals surface area contributed by atoms with E-state index < -0.39 is 0 Å². The van der Waals surface area contributed by atoms with E-state index in [1.54, 1.807) is 19.4 Å². The van der Waals surface area contributed by atoms with Crippen LogP contribution < -0.4 is 10.3 Å². The summed E-state index contributed by atoms with van der Waals surface area (Å²) in [6.45, 7) is 0. The molecule has 4 rings (SSSR count). The van der Waals surface area contributed by atoms with E-state index in [4.69, 9.17) is 4.74 Å². The van der Waals surface area contributed by atoms with Gasteiger partial charge in [0, 0.05) is 16.3 Å². The first kappa shape index (κ1) is 14.6. The van der Waals surface area contributed by atoms with Crippen LogP contribution in [0.3, 0.4) is 0 Å². The standard InChI is InChI=1S/C18H13N3O2S/c1-23-16-9-5-4-8-14(16)15-11-24-18(20-15)21-17(22)13-7-3-2-6-12(13)10-19-21/h2-11H,1H3. The summed E-state index contributed by atoms with van der Waals surface area (Å²) in [5, 5.41) is 8.13. The summed E-state index contributed by atoms with van der Waals surface area (Å²) in [6, 6.07) is 15.1. The van der Waals surface area contributed by atoms with Gasteiger partial charge in [-0.1, -0.05) is 30.3 Å². The molecule has 118 valence electrons. The summed E-state index contributed by atoms with van der Waals surface area (Å²) in [4.78, 5) is 17.2. The van der Waals surface area contributed by atoms with Gasteiger partial charge in [0.2, 0.25) is 5.13 Å². The topological polar surface area (TPSA) is 57.0 Å². The Morgan fingerprint density at radius 2 is 1.88 bits per heavy atom. The predicted molar refractivity (Wildman–Crippen MR) is 95.0 cm³/mol. The molecule has 0 aliphatic heterocycles. The summed E-state index contributed by atoms with van der Waals surface area (Å²) in [6.07, 6.45) is 1.68. The van der Waals surface area contributed by atoms with Crippen LogP contribution in [0.1, 0.15) is 0 Å². The van der Waals surface area contributed by atoms with Gasteiger partial charge >= 0.3 is 0 Å². The number of hydrogen-bond donors (Lipinski definition) is 0. The van der Waals surface area contributed by atoms with Crippen molar-refractivity contribution < 1.29 is 4.74 Å². The number of aromatic nitrogens is 3. The zero-order valence-corrected chi connectivity index (χ0v) is 13.7. The number of fused-ring (bicyclic) bond motifs is 1. The number of nitrogens with zero attached hydrogens (tertiary/aromatic N) is 3. The predicted octanol–water partition coefficient (Wildman–Crippen LogP) is 3.52. The van der Waals surface area contributed by atoms with Gasteiger partial charge in [-0.25, -0.2) is 4.98 Å².